The summed E-state index contributed by atoms with van der Waals surface area (Å²) in [7, 11) is 3.23. The van der Waals surface area contributed by atoms with E-state index in [1.165, 1.54) is 13.2 Å². The molecule has 5 rings (SSSR count). The quantitative estimate of drug-likeness (QED) is 0.382. The van der Waals surface area contributed by atoms with Crippen molar-refractivity contribution in [3.63, 3.8) is 0 Å². The zero-order valence-electron chi connectivity index (χ0n) is 19.4. The Balaban J connectivity index is 1.36. The molecule has 35 heavy (non-hydrogen) atoms. The van der Waals surface area contributed by atoms with E-state index >= 15 is 0 Å². The first-order valence-electron chi connectivity index (χ1n) is 11.3. The van der Waals surface area contributed by atoms with Crippen molar-refractivity contribution in [1.29, 1.82) is 0 Å². The van der Waals surface area contributed by atoms with Crippen LogP contribution in [0.25, 0.3) is 10.9 Å². The molecule has 10 nitrogen and oxygen atoms in total. The maximum Gasteiger partial charge on any atom is 0.339 e. The van der Waals surface area contributed by atoms with Crippen molar-refractivity contribution in [2.45, 2.75) is 31.9 Å². The number of hydrogen-bond acceptors (Lipinski definition) is 7. The first-order valence-corrected chi connectivity index (χ1v) is 11.7. The van der Waals surface area contributed by atoms with Crippen LogP contribution in [0, 0.1) is 0 Å². The molecule has 182 valence electrons. The monoisotopic (exact) mass is 496 g/mol. The minimum absolute atomic E-state index is 0.0689. The first-order chi connectivity index (χ1) is 16.9. The number of aromatic carboxylic acids is 1. The third kappa shape index (κ3) is 4.54. The summed E-state index contributed by atoms with van der Waals surface area (Å²) in [4.78, 5) is 15.9. The van der Waals surface area contributed by atoms with Gasteiger partial charge < -0.3 is 19.9 Å². The molecule has 1 atom stereocenters. The van der Waals surface area contributed by atoms with E-state index in [0.29, 0.717) is 34.7 Å². The van der Waals surface area contributed by atoms with Gasteiger partial charge in [0.2, 0.25) is 5.95 Å². The number of carbonyl (C=O) groups is 1. The highest BCUT2D eigenvalue weighted by Gasteiger charge is 2.21. The Morgan fingerprint density at radius 2 is 2.17 bits per heavy atom. The molecule has 1 saturated heterocycles. The molecule has 3 heterocycles. The Morgan fingerprint density at radius 3 is 2.91 bits per heavy atom. The van der Waals surface area contributed by atoms with E-state index in [4.69, 9.17) is 21.1 Å². The van der Waals surface area contributed by atoms with E-state index < -0.39 is 5.97 Å². The maximum atomic E-state index is 11.3. The number of rotatable bonds is 7. The topological polar surface area (TPSA) is 116 Å². The molecule has 1 aliphatic heterocycles. The SMILES string of the molecule is COc1cc(Cc2nc(Nc3ccc4c(cnn4C4CCCCO4)c3Cl)n(C)n2)ccc1C(=O)O. The second-order valence-corrected chi connectivity index (χ2v) is 8.77. The van der Waals surface area contributed by atoms with Gasteiger partial charge in [0.05, 0.1) is 29.5 Å². The van der Waals surface area contributed by atoms with Gasteiger partial charge in [0.15, 0.2) is 12.1 Å². The molecular formula is C24H25ClN6O4. The summed E-state index contributed by atoms with van der Waals surface area (Å²) >= 11 is 6.73. The van der Waals surface area contributed by atoms with Gasteiger partial charge in [-0.2, -0.15) is 15.2 Å². The van der Waals surface area contributed by atoms with Crippen molar-refractivity contribution in [2.75, 3.05) is 19.0 Å². The lowest BCUT2D eigenvalue weighted by Gasteiger charge is -2.23. The number of nitrogens with zero attached hydrogens (tertiary/aromatic N) is 5. The van der Waals surface area contributed by atoms with Crippen molar-refractivity contribution >= 4 is 40.1 Å². The predicted molar refractivity (Wildman–Crippen MR) is 131 cm³/mol. The van der Waals surface area contributed by atoms with Crippen LogP contribution in [0.1, 0.15) is 47.2 Å². The molecule has 1 unspecified atom stereocenters. The average molecular weight is 497 g/mol. The Labute approximate surface area is 206 Å². The number of nitrogens with one attached hydrogen (secondary N) is 1. The number of anilines is 2. The van der Waals surface area contributed by atoms with Gasteiger partial charge in [0.1, 0.15) is 11.3 Å². The zero-order valence-corrected chi connectivity index (χ0v) is 20.1. The molecule has 0 bridgehead atoms. The fourth-order valence-electron chi connectivity index (χ4n) is 4.28. The van der Waals surface area contributed by atoms with Gasteiger partial charge in [0.25, 0.3) is 0 Å². The highest BCUT2D eigenvalue weighted by atomic mass is 35.5. The number of halogens is 1. The summed E-state index contributed by atoms with van der Waals surface area (Å²) in [5.41, 5.74) is 2.56. The van der Waals surface area contributed by atoms with Crippen LogP contribution in [-0.2, 0) is 18.2 Å². The lowest BCUT2D eigenvalue weighted by molar-refractivity contribution is -0.0366. The van der Waals surface area contributed by atoms with Crippen molar-refractivity contribution in [3.8, 4) is 5.75 Å². The molecule has 0 radical (unpaired) electrons. The van der Waals surface area contributed by atoms with E-state index in [-0.39, 0.29) is 11.8 Å². The van der Waals surface area contributed by atoms with Crippen LogP contribution < -0.4 is 10.1 Å². The number of aryl methyl sites for hydroxylation is 1. The second kappa shape index (κ2) is 9.55. The van der Waals surface area contributed by atoms with Gasteiger partial charge >= 0.3 is 5.97 Å². The standard InChI is InChI=1S/C24H25ClN6O4/c1-30-24(28-20(29-30)12-14-6-7-15(23(32)33)19(11-14)34-2)27-17-8-9-18-16(22(17)25)13-26-31(18)21-5-3-4-10-35-21/h6-9,11,13,21H,3-5,10,12H2,1-2H3,(H,32,33)(H,27,28,29). The molecular weight excluding hydrogens is 472 g/mol. The van der Waals surface area contributed by atoms with Gasteiger partial charge in [-0.15, -0.1) is 0 Å². The van der Waals surface area contributed by atoms with Crippen LogP contribution in [0.15, 0.2) is 36.5 Å². The molecule has 11 heteroatoms. The minimum atomic E-state index is -1.04. The lowest BCUT2D eigenvalue weighted by atomic mass is 10.1. The largest absolute Gasteiger partial charge is 0.496 e. The smallest absolute Gasteiger partial charge is 0.339 e. The predicted octanol–water partition coefficient (Wildman–Crippen LogP) is 4.56. The lowest BCUT2D eigenvalue weighted by Crippen LogP contribution is -2.18. The van der Waals surface area contributed by atoms with Crippen LogP contribution in [0.3, 0.4) is 0 Å². The van der Waals surface area contributed by atoms with Crippen molar-refractivity contribution in [1.82, 2.24) is 24.5 Å². The van der Waals surface area contributed by atoms with Gasteiger partial charge in [-0.25, -0.2) is 14.2 Å². The molecule has 2 N–H and O–H groups in total. The summed E-state index contributed by atoms with van der Waals surface area (Å²) in [6.45, 7) is 0.740. The van der Waals surface area contributed by atoms with E-state index in [0.717, 1.165) is 42.3 Å². The molecule has 0 saturated carbocycles. The summed E-state index contributed by atoms with van der Waals surface area (Å²) in [6, 6.07) is 8.81. The molecule has 0 amide bonds. The molecule has 1 fully saturated rings. The Kier molecular flexibility index (Phi) is 6.31. The van der Waals surface area contributed by atoms with Crippen LogP contribution in [0.4, 0.5) is 11.6 Å². The third-order valence-electron chi connectivity index (χ3n) is 6.06. The summed E-state index contributed by atoms with van der Waals surface area (Å²) < 4.78 is 14.6. The molecule has 0 aliphatic carbocycles. The van der Waals surface area contributed by atoms with Gasteiger partial charge in [-0.1, -0.05) is 17.7 Å². The first kappa shape index (κ1) is 23.1. The van der Waals surface area contributed by atoms with E-state index in [9.17, 15) is 9.90 Å². The molecule has 4 aromatic rings. The van der Waals surface area contributed by atoms with E-state index in [2.05, 4.69) is 20.5 Å². The summed E-state index contributed by atoms with van der Waals surface area (Å²) in [5, 5.41) is 22.9. The Hall–Kier alpha value is -3.63. The fraction of sp³-hybridized carbons (Fsp3) is 0.333. The number of aromatic nitrogens is 5. The van der Waals surface area contributed by atoms with Crippen LogP contribution >= 0.6 is 11.6 Å². The van der Waals surface area contributed by atoms with Gasteiger partial charge in [-0.3, -0.25) is 0 Å². The van der Waals surface area contributed by atoms with Gasteiger partial charge in [-0.05, 0) is 49.1 Å². The molecule has 0 spiro atoms. The average Bonchev–Trinajstić information content (AvgIpc) is 3.44. The van der Waals surface area contributed by atoms with Crippen LogP contribution in [0.5, 0.6) is 5.75 Å². The fourth-order valence-corrected chi connectivity index (χ4v) is 4.53. The number of benzene rings is 2. The second-order valence-electron chi connectivity index (χ2n) is 8.39. The van der Waals surface area contributed by atoms with Crippen molar-refractivity contribution < 1.29 is 19.4 Å². The van der Waals surface area contributed by atoms with E-state index in [1.807, 2.05) is 16.8 Å². The minimum Gasteiger partial charge on any atom is -0.496 e. The highest BCUT2D eigenvalue weighted by molar-refractivity contribution is 6.38. The number of methoxy groups -OCH3 is 1. The third-order valence-corrected chi connectivity index (χ3v) is 6.46. The van der Waals surface area contributed by atoms with Crippen molar-refractivity contribution in [2.24, 2.45) is 7.05 Å². The summed E-state index contributed by atoms with van der Waals surface area (Å²) in [6.07, 6.45) is 5.22. The molecule has 1 aliphatic rings. The normalized spacial score (nSPS) is 15.9. The highest BCUT2D eigenvalue weighted by Crippen LogP contribution is 2.35. The van der Waals surface area contributed by atoms with Crippen molar-refractivity contribution in [3.05, 3.63) is 58.5 Å². The number of hydrogen-bond donors (Lipinski definition) is 2. The Morgan fingerprint density at radius 1 is 1.31 bits per heavy atom. The number of fused-ring (bicyclic) bond motifs is 1. The van der Waals surface area contributed by atoms with Gasteiger partial charge in [0, 0.05) is 25.5 Å². The summed E-state index contributed by atoms with van der Waals surface area (Å²) in [5.74, 6) is 0.350. The van der Waals surface area contributed by atoms with Crippen LogP contribution in [-0.4, -0.2) is 49.3 Å². The molecule has 2 aromatic heterocycles. The number of carboxylic acids is 1. The number of ether oxygens (including phenoxy) is 2. The van der Waals surface area contributed by atoms with Crippen LogP contribution in [0.2, 0.25) is 5.02 Å². The number of carboxylic acid groups (broad SMARTS) is 1. The van der Waals surface area contributed by atoms with E-state index in [1.54, 1.807) is 30.1 Å². The zero-order chi connectivity index (χ0) is 24.5. The Bertz CT molecular complexity index is 1390. The molecule has 2 aromatic carbocycles. The maximum absolute atomic E-state index is 11.3.